The van der Waals surface area contributed by atoms with E-state index in [1.54, 1.807) is 0 Å². The Kier molecular flexibility index (Phi) is 5.38. The van der Waals surface area contributed by atoms with Crippen molar-refractivity contribution in [3.8, 4) is 0 Å². The van der Waals surface area contributed by atoms with Gasteiger partial charge in [-0.25, -0.2) is 8.42 Å². The number of sulfonamides is 1. The Hall–Kier alpha value is -0.530. The number of rotatable bonds is 4. The van der Waals surface area contributed by atoms with Gasteiger partial charge < -0.3 is 10.5 Å². The summed E-state index contributed by atoms with van der Waals surface area (Å²) in [6, 6.07) is 2.79. The van der Waals surface area contributed by atoms with Gasteiger partial charge in [-0.05, 0) is 31.9 Å². The molecule has 0 aliphatic carbocycles. The van der Waals surface area contributed by atoms with Crippen LogP contribution in [0.15, 0.2) is 17.0 Å². The highest BCUT2D eigenvalue weighted by atomic mass is 35.5. The van der Waals surface area contributed by atoms with Crippen molar-refractivity contribution in [2.75, 3.05) is 25.4 Å². The van der Waals surface area contributed by atoms with Crippen LogP contribution in [0.25, 0.3) is 0 Å². The van der Waals surface area contributed by atoms with Crippen molar-refractivity contribution in [3.63, 3.8) is 0 Å². The summed E-state index contributed by atoms with van der Waals surface area (Å²) in [6.45, 7) is 3.19. The lowest BCUT2D eigenvalue weighted by Crippen LogP contribution is -2.43. The molecule has 0 amide bonds. The molecular formula is C13H18Cl2N2O3S. The van der Waals surface area contributed by atoms with E-state index in [9.17, 15) is 8.42 Å². The minimum atomic E-state index is -3.76. The first-order chi connectivity index (χ1) is 9.86. The maximum Gasteiger partial charge on any atom is 0.246 e. The molecule has 1 unspecified atom stereocenters. The van der Waals surface area contributed by atoms with Gasteiger partial charge in [0.2, 0.25) is 10.0 Å². The van der Waals surface area contributed by atoms with Crippen molar-refractivity contribution in [2.45, 2.75) is 30.8 Å². The van der Waals surface area contributed by atoms with Crippen LogP contribution in [0.5, 0.6) is 0 Å². The van der Waals surface area contributed by atoms with E-state index in [2.05, 4.69) is 0 Å². The molecule has 1 atom stereocenters. The first-order valence-corrected chi connectivity index (χ1v) is 8.92. The van der Waals surface area contributed by atoms with Crippen LogP contribution < -0.4 is 5.73 Å². The monoisotopic (exact) mass is 352 g/mol. The van der Waals surface area contributed by atoms with Crippen LogP contribution in [0.2, 0.25) is 10.0 Å². The van der Waals surface area contributed by atoms with Crippen molar-refractivity contribution in [2.24, 2.45) is 0 Å². The maximum absolute atomic E-state index is 12.8. The summed E-state index contributed by atoms with van der Waals surface area (Å²) in [7, 11) is -3.76. The molecule has 0 saturated carbocycles. The van der Waals surface area contributed by atoms with Gasteiger partial charge in [-0.2, -0.15) is 4.31 Å². The molecule has 1 aromatic rings. The summed E-state index contributed by atoms with van der Waals surface area (Å²) in [6.07, 6.45) is 1.50. The molecule has 0 spiro atoms. The first-order valence-electron chi connectivity index (χ1n) is 6.72. The van der Waals surface area contributed by atoms with Gasteiger partial charge in [-0.3, -0.25) is 0 Å². The van der Waals surface area contributed by atoms with Gasteiger partial charge in [0.15, 0.2) is 0 Å². The summed E-state index contributed by atoms with van der Waals surface area (Å²) in [4.78, 5) is -0.0859. The number of hydrogen-bond acceptors (Lipinski definition) is 4. The number of hydrogen-bond donors (Lipinski definition) is 1. The zero-order valence-corrected chi connectivity index (χ0v) is 14.0. The minimum Gasteiger partial charge on any atom is -0.399 e. The molecule has 0 radical (unpaired) electrons. The number of ether oxygens (including phenoxy) is 1. The predicted molar refractivity (Wildman–Crippen MR) is 84.3 cm³/mol. The van der Waals surface area contributed by atoms with Gasteiger partial charge >= 0.3 is 0 Å². The number of halogens is 2. The van der Waals surface area contributed by atoms with Crippen molar-refractivity contribution < 1.29 is 13.2 Å². The molecule has 0 aromatic heterocycles. The predicted octanol–water partition coefficient (Wildman–Crippen LogP) is 2.77. The highest BCUT2D eigenvalue weighted by molar-refractivity contribution is 7.89. The van der Waals surface area contributed by atoms with Gasteiger partial charge in [0.25, 0.3) is 0 Å². The molecule has 8 heteroatoms. The van der Waals surface area contributed by atoms with E-state index in [4.69, 9.17) is 33.7 Å². The molecule has 1 fully saturated rings. The topological polar surface area (TPSA) is 72.6 Å². The molecule has 2 N–H and O–H groups in total. The van der Waals surface area contributed by atoms with Gasteiger partial charge in [0.1, 0.15) is 4.90 Å². The molecule has 1 heterocycles. The Morgan fingerprint density at radius 1 is 1.38 bits per heavy atom. The van der Waals surface area contributed by atoms with Crippen LogP contribution in [0.3, 0.4) is 0 Å². The first kappa shape index (κ1) is 16.8. The number of nitrogens with zero attached hydrogens (tertiary/aromatic N) is 1. The van der Waals surface area contributed by atoms with E-state index in [0.717, 1.165) is 12.8 Å². The van der Waals surface area contributed by atoms with E-state index in [1.807, 2.05) is 6.92 Å². The summed E-state index contributed by atoms with van der Waals surface area (Å²) in [5.41, 5.74) is 5.94. The van der Waals surface area contributed by atoms with Crippen molar-refractivity contribution in [1.82, 2.24) is 4.31 Å². The molecule has 21 heavy (non-hydrogen) atoms. The number of nitrogen functional groups attached to an aromatic ring is 1. The molecule has 2 rings (SSSR count). The summed E-state index contributed by atoms with van der Waals surface area (Å²) < 4.78 is 32.4. The fourth-order valence-corrected chi connectivity index (χ4v) is 5.14. The van der Waals surface area contributed by atoms with Gasteiger partial charge in [0.05, 0.1) is 16.1 Å². The second kappa shape index (κ2) is 6.71. The van der Waals surface area contributed by atoms with Gasteiger partial charge in [-0.1, -0.05) is 23.2 Å². The fraction of sp³-hybridized carbons (Fsp3) is 0.538. The molecule has 118 valence electrons. The molecular weight excluding hydrogens is 335 g/mol. The maximum atomic E-state index is 12.8. The highest BCUT2D eigenvalue weighted by Crippen LogP contribution is 2.35. The summed E-state index contributed by atoms with van der Waals surface area (Å²) in [5, 5.41) is 0.0806. The third kappa shape index (κ3) is 3.63. The summed E-state index contributed by atoms with van der Waals surface area (Å²) >= 11 is 12.1. The normalized spacial score (nSPS) is 20.6. The highest BCUT2D eigenvalue weighted by Gasteiger charge is 2.33. The lowest BCUT2D eigenvalue weighted by molar-refractivity contribution is 0.0265. The average molecular weight is 353 g/mol. The average Bonchev–Trinajstić information content (AvgIpc) is 2.37. The Balaban J connectivity index is 2.34. The molecule has 1 aliphatic rings. The largest absolute Gasteiger partial charge is 0.399 e. The molecule has 5 nitrogen and oxygen atoms in total. The van der Waals surface area contributed by atoms with Crippen LogP contribution in [-0.2, 0) is 14.8 Å². The second-order valence-corrected chi connectivity index (χ2v) is 7.59. The van der Waals surface area contributed by atoms with Crippen LogP contribution in [0.1, 0.15) is 19.8 Å². The molecule has 0 bridgehead atoms. The van der Waals surface area contributed by atoms with Crippen molar-refractivity contribution in [3.05, 3.63) is 22.2 Å². The molecule has 1 aliphatic heterocycles. The molecule has 1 saturated heterocycles. The SMILES string of the molecule is CCOC1CCCN(S(=O)(=O)c2c(Cl)cc(N)cc2Cl)C1. The standard InChI is InChI=1S/C13H18Cl2N2O3S/c1-2-20-10-4-3-5-17(8-10)21(18,19)13-11(14)6-9(16)7-12(13)15/h6-7,10H,2-5,8,16H2,1H3. The fourth-order valence-electron chi connectivity index (χ4n) is 2.45. The summed E-state index contributed by atoms with van der Waals surface area (Å²) in [5.74, 6) is 0. The van der Waals surface area contributed by atoms with E-state index in [-0.39, 0.29) is 21.0 Å². The molecule has 1 aromatic carbocycles. The second-order valence-electron chi connectivity index (χ2n) is 4.90. The zero-order valence-electron chi connectivity index (χ0n) is 11.7. The minimum absolute atomic E-state index is 0.0403. The van der Waals surface area contributed by atoms with E-state index < -0.39 is 10.0 Å². The van der Waals surface area contributed by atoms with Crippen LogP contribution >= 0.6 is 23.2 Å². The number of piperidine rings is 1. The third-order valence-electron chi connectivity index (χ3n) is 3.36. The Morgan fingerprint density at radius 3 is 2.57 bits per heavy atom. The lowest BCUT2D eigenvalue weighted by atomic mass is 10.1. The van der Waals surface area contributed by atoms with Crippen LogP contribution in [-0.4, -0.2) is 38.5 Å². The van der Waals surface area contributed by atoms with Crippen molar-refractivity contribution in [1.29, 1.82) is 0 Å². The Labute approximate surface area is 135 Å². The smallest absolute Gasteiger partial charge is 0.246 e. The van der Waals surface area contributed by atoms with E-state index in [1.165, 1.54) is 16.4 Å². The van der Waals surface area contributed by atoms with Crippen LogP contribution in [0, 0.1) is 0 Å². The quantitative estimate of drug-likeness (QED) is 0.845. The number of benzene rings is 1. The lowest BCUT2D eigenvalue weighted by Gasteiger charge is -2.32. The van der Waals surface area contributed by atoms with E-state index >= 15 is 0 Å². The van der Waals surface area contributed by atoms with Crippen LogP contribution in [0.4, 0.5) is 5.69 Å². The Bertz CT molecular complexity index is 597. The Morgan fingerprint density at radius 2 is 2.00 bits per heavy atom. The van der Waals surface area contributed by atoms with E-state index in [0.29, 0.717) is 25.4 Å². The number of nitrogens with two attached hydrogens (primary N) is 1. The van der Waals surface area contributed by atoms with Gasteiger partial charge in [0, 0.05) is 25.4 Å². The number of anilines is 1. The third-order valence-corrected chi connectivity index (χ3v) is 6.15. The zero-order chi connectivity index (χ0) is 15.6. The van der Waals surface area contributed by atoms with Crippen molar-refractivity contribution >= 4 is 38.9 Å². The van der Waals surface area contributed by atoms with Gasteiger partial charge in [-0.15, -0.1) is 0 Å².